The summed E-state index contributed by atoms with van der Waals surface area (Å²) >= 11 is 0. The van der Waals surface area contributed by atoms with E-state index >= 15 is 0 Å². The lowest BCUT2D eigenvalue weighted by molar-refractivity contribution is 0.0657. The SMILES string of the molecule is CCOC(=O)N1[C@@H]2CC[C@H]1CC(NCc1cn(Cc3ccc(F)cc3F)c3cnc(C(=O)NO)cc13)C2. The molecule has 2 aliphatic rings. The molecule has 2 aliphatic heterocycles. The van der Waals surface area contributed by atoms with Crippen LogP contribution in [0.4, 0.5) is 13.6 Å². The Morgan fingerprint density at radius 1 is 1.16 bits per heavy atom. The Balaban J connectivity index is 1.38. The minimum atomic E-state index is -0.735. The van der Waals surface area contributed by atoms with Crippen LogP contribution in [0, 0.1) is 11.6 Å². The number of nitrogens with one attached hydrogen (secondary N) is 2. The maximum atomic E-state index is 14.4. The molecule has 0 radical (unpaired) electrons. The van der Waals surface area contributed by atoms with Gasteiger partial charge in [0, 0.05) is 47.9 Å². The Morgan fingerprint density at radius 3 is 2.59 bits per heavy atom. The van der Waals surface area contributed by atoms with Gasteiger partial charge >= 0.3 is 6.09 Å². The second-order valence-corrected chi connectivity index (χ2v) is 9.59. The lowest BCUT2D eigenvalue weighted by atomic mass is 9.97. The number of fused-ring (bicyclic) bond motifs is 3. The molecule has 2 fully saturated rings. The van der Waals surface area contributed by atoms with Gasteiger partial charge in [-0.2, -0.15) is 0 Å². The average Bonchev–Trinajstić information content (AvgIpc) is 3.37. The standard InChI is InChI=1S/C26H29F2N5O4/c1-2-37-26(35)33-19-5-6-20(33)9-18(8-19)29-11-16-14-32(13-15-3-4-17(27)7-22(15)28)24-12-30-23(10-21(16)24)25(34)31-36/h3-4,7,10,12,14,18-20,29,36H,2,5-6,8-9,11,13H2,1H3,(H,31,34)/t18?,19-,20+. The van der Waals surface area contributed by atoms with Crippen molar-refractivity contribution >= 4 is 22.9 Å². The van der Waals surface area contributed by atoms with Crippen molar-refractivity contribution in [1.29, 1.82) is 0 Å². The van der Waals surface area contributed by atoms with Crippen molar-refractivity contribution < 1.29 is 28.3 Å². The third-order valence-corrected chi connectivity index (χ3v) is 7.33. The molecule has 11 heteroatoms. The van der Waals surface area contributed by atoms with E-state index in [1.807, 2.05) is 15.7 Å². The van der Waals surface area contributed by atoms with E-state index in [1.54, 1.807) is 18.5 Å². The molecule has 3 aromatic rings. The Morgan fingerprint density at radius 2 is 1.92 bits per heavy atom. The number of nitrogens with zero attached hydrogens (tertiary/aromatic N) is 3. The van der Waals surface area contributed by atoms with E-state index in [4.69, 9.17) is 9.94 Å². The molecule has 1 aromatic carbocycles. The van der Waals surface area contributed by atoms with Gasteiger partial charge in [0.2, 0.25) is 0 Å². The summed E-state index contributed by atoms with van der Waals surface area (Å²) < 4.78 is 34.8. The fraction of sp³-hybridized carbons (Fsp3) is 0.423. The van der Waals surface area contributed by atoms with Gasteiger partial charge < -0.3 is 19.5 Å². The van der Waals surface area contributed by atoms with Gasteiger partial charge in [0.1, 0.15) is 17.3 Å². The number of piperidine rings is 1. The number of pyridine rings is 1. The molecule has 0 aliphatic carbocycles. The van der Waals surface area contributed by atoms with Gasteiger partial charge in [-0.15, -0.1) is 0 Å². The van der Waals surface area contributed by atoms with Crippen LogP contribution in [0.1, 0.15) is 54.2 Å². The van der Waals surface area contributed by atoms with Crippen molar-refractivity contribution in [1.82, 2.24) is 25.2 Å². The van der Waals surface area contributed by atoms with Gasteiger partial charge in [-0.1, -0.05) is 6.07 Å². The van der Waals surface area contributed by atoms with E-state index in [1.165, 1.54) is 18.3 Å². The van der Waals surface area contributed by atoms with Crippen LogP contribution in [0.5, 0.6) is 0 Å². The molecule has 0 saturated carbocycles. The molecule has 1 unspecified atom stereocenters. The van der Waals surface area contributed by atoms with Crippen molar-refractivity contribution in [2.24, 2.45) is 0 Å². The second kappa shape index (κ2) is 10.4. The lowest BCUT2D eigenvalue weighted by Crippen LogP contribution is -2.51. The molecular formula is C26H29F2N5O4. The normalized spacial score (nSPS) is 20.9. The van der Waals surface area contributed by atoms with Crippen molar-refractivity contribution in [3.8, 4) is 0 Å². The van der Waals surface area contributed by atoms with Crippen LogP contribution in [-0.4, -0.2) is 56.4 Å². The first-order chi connectivity index (χ1) is 17.9. The van der Waals surface area contributed by atoms with Gasteiger partial charge in [-0.05, 0) is 50.3 Å². The molecule has 4 heterocycles. The van der Waals surface area contributed by atoms with Crippen molar-refractivity contribution in [2.75, 3.05) is 6.61 Å². The predicted molar refractivity (Wildman–Crippen MR) is 130 cm³/mol. The summed E-state index contributed by atoms with van der Waals surface area (Å²) in [5, 5.41) is 13.4. The van der Waals surface area contributed by atoms with Crippen LogP contribution in [0.25, 0.3) is 10.9 Å². The molecule has 9 nitrogen and oxygen atoms in total. The Kier molecular flexibility index (Phi) is 7.07. The largest absolute Gasteiger partial charge is 0.450 e. The van der Waals surface area contributed by atoms with Crippen LogP contribution in [0.15, 0.2) is 36.7 Å². The smallest absolute Gasteiger partial charge is 0.410 e. The van der Waals surface area contributed by atoms with Crippen LogP contribution >= 0.6 is 0 Å². The topological polar surface area (TPSA) is 109 Å². The molecule has 3 atom stereocenters. The number of carbonyl (C=O) groups excluding carboxylic acids is 2. The van der Waals surface area contributed by atoms with Crippen molar-refractivity contribution in [2.45, 2.75) is 63.8 Å². The van der Waals surface area contributed by atoms with Crippen molar-refractivity contribution in [3.05, 3.63) is 65.1 Å². The molecule has 3 N–H and O–H groups in total. The van der Waals surface area contributed by atoms with E-state index < -0.39 is 17.5 Å². The number of aromatic nitrogens is 2. The van der Waals surface area contributed by atoms with E-state index in [9.17, 15) is 18.4 Å². The number of rotatable bonds is 7. The summed E-state index contributed by atoms with van der Waals surface area (Å²) in [6.07, 6.45) is 6.66. The highest BCUT2D eigenvalue weighted by molar-refractivity contribution is 5.96. The highest BCUT2D eigenvalue weighted by Crippen LogP contribution is 2.36. The first kappa shape index (κ1) is 25.1. The van der Waals surface area contributed by atoms with Gasteiger partial charge in [0.25, 0.3) is 5.91 Å². The number of hydroxylamine groups is 1. The lowest BCUT2D eigenvalue weighted by Gasteiger charge is -2.38. The highest BCUT2D eigenvalue weighted by atomic mass is 19.1. The summed E-state index contributed by atoms with van der Waals surface area (Å²) in [6, 6.07) is 5.53. The molecule has 5 rings (SSSR count). The molecule has 196 valence electrons. The van der Waals surface area contributed by atoms with E-state index in [2.05, 4.69) is 10.3 Å². The van der Waals surface area contributed by atoms with Gasteiger partial charge in [0.05, 0.1) is 24.9 Å². The van der Waals surface area contributed by atoms with Gasteiger partial charge in [0.15, 0.2) is 0 Å². The molecule has 2 bridgehead atoms. The molecule has 2 saturated heterocycles. The van der Waals surface area contributed by atoms with Gasteiger partial charge in [-0.25, -0.2) is 24.0 Å². The zero-order valence-corrected chi connectivity index (χ0v) is 20.4. The number of hydrogen-bond donors (Lipinski definition) is 3. The minimum absolute atomic E-state index is 0.0442. The zero-order valence-electron chi connectivity index (χ0n) is 20.4. The number of benzene rings is 1. The summed E-state index contributed by atoms with van der Waals surface area (Å²) in [7, 11) is 0. The maximum Gasteiger partial charge on any atom is 0.410 e. The monoisotopic (exact) mass is 513 g/mol. The predicted octanol–water partition coefficient (Wildman–Crippen LogP) is 3.72. The summed E-state index contributed by atoms with van der Waals surface area (Å²) in [6.45, 7) is 2.79. The number of carbonyl (C=O) groups is 2. The van der Waals surface area contributed by atoms with Crippen LogP contribution in [0.3, 0.4) is 0 Å². The molecule has 37 heavy (non-hydrogen) atoms. The van der Waals surface area contributed by atoms with E-state index in [0.29, 0.717) is 24.2 Å². The summed E-state index contributed by atoms with van der Waals surface area (Å²) in [5.74, 6) is -2.02. The first-order valence-corrected chi connectivity index (χ1v) is 12.4. The average molecular weight is 514 g/mol. The number of ether oxygens (including phenoxy) is 1. The third-order valence-electron chi connectivity index (χ3n) is 7.33. The van der Waals surface area contributed by atoms with Crippen molar-refractivity contribution in [3.63, 3.8) is 0 Å². The maximum absolute atomic E-state index is 14.4. The Hall–Kier alpha value is -3.57. The first-order valence-electron chi connectivity index (χ1n) is 12.4. The van der Waals surface area contributed by atoms with Gasteiger partial charge in [-0.3, -0.25) is 10.0 Å². The van der Waals surface area contributed by atoms with Crippen LogP contribution < -0.4 is 10.8 Å². The molecule has 0 spiro atoms. The number of halogens is 2. The summed E-state index contributed by atoms with van der Waals surface area (Å²) in [5.41, 5.74) is 3.50. The van der Waals surface area contributed by atoms with Crippen LogP contribution in [0.2, 0.25) is 0 Å². The molecule has 2 amide bonds. The zero-order chi connectivity index (χ0) is 26.1. The second-order valence-electron chi connectivity index (χ2n) is 9.59. The fourth-order valence-corrected chi connectivity index (χ4v) is 5.64. The molecule has 2 aromatic heterocycles. The Labute approximate surface area is 212 Å². The third kappa shape index (κ3) is 5.01. The minimum Gasteiger partial charge on any atom is -0.450 e. The van der Waals surface area contributed by atoms with E-state index in [-0.39, 0.29) is 36.5 Å². The highest BCUT2D eigenvalue weighted by Gasteiger charge is 2.43. The quantitative estimate of drug-likeness (QED) is 0.328. The Bertz CT molecular complexity index is 1320. The van der Waals surface area contributed by atoms with Crippen LogP contribution in [-0.2, 0) is 17.8 Å². The summed E-state index contributed by atoms with van der Waals surface area (Å²) in [4.78, 5) is 30.4. The fourth-order valence-electron chi connectivity index (χ4n) is 5.64. The van der Waals surface area contributed by atoms with E-state index in [0.717, 1.165) is 42.7 Å². The molecular weight excluding hydrogens is 484 g/mol. The number of amides is 2. The number of hydrogen-bond acceptors (Lipinski definition) is 6.